The molecule has 5 nitrogen and oxygen atoms in total. The van der Waals surface area contributed by atoms with Crippen LogP contribution >= 0.6 is 0 Å². The lowest BCUT2D eigenvalue weighted by Crippen LogP contribution is -2.28. The van der Waals surface area contributed by atoms with Gasteiger partial charge >= 0.3 is 0 Å². The van der Waals surface area contributed by atoms with Gasteiger partial charge in [0, 0.05) is 32.5 Å². The summed E-state index contributed by atoms with van der Waals surface area (Å²) in [7, 11) is 1.63. The predicted octanol–water partition coefficient (Wildman–Crippen LogP) is 1.08. The lowest BCUT2D eigenvalue weighted by molar-refractivity contribution is 0.121. The molecule has 2 atom stereocenters. The van der Waals surface area contributed by atoms with Gasteiger partial charge in [-0.15, -0.1) is 0 Å². The van der Waals surface area contributed by atoms with Crippen molar-refractivity contribution in [2.75, 3.05) is 25.6 Å². The minimum atomic E-state index is -0.00618. The van der Waals surface area contributed by atoms with E-state index in [1.54, 1.807) is 17.7 Å². The van der Waals surface area contributed by atoms with E-state index in [-0.39, 0.29) is 11.7 Å². The Balaban J connectivity index is 2.06. The van der Waals surface area contributed by atoms with Crippen LogP contribution in [0.5, 0.6) is 0 Å². The fourth-order valence-corrected chi connectivity index (χ4v) is 2.12. The monoisotopic (exact) mass is 252 g/mol. The third kappa shape index (κ3) is 3.11. The van der Waals surface area contributed by atoms with Gasteiger partial charge in [0.05, 0.1) is 24.4 Å². The summed E-state index contributed by atoms with van der Waals surface area (Å²) >= 11 is 0. The van der Waals surface area contributed by atoms with Crippen molar-refractivity contribution in [1.29, 1.82) is 0 Å². The van der Waals surface area contributed by atoms with Gasteiger partial charge in [0.15, 0.2) is 0 Å². The zero-order valence-electron chi connectivity index (χ0n) is 10.9. The molecule has 1 aromatic heterocycles. The summed E-state index contributed by atoms with van der Waals surface area (Å²) in [5.74, 6) is 0. The van der Waals surface area contributed by atoms with Crippen molar-refractivity contribution < 1.29 is 9.47 Å². The minimum Gasteiger partial charge on any atom is -0.383 e. The Kier molecular flexibility index (Phi) is 4.38. The van der Waals surface area contributed by atoms with Gasteiger partial charge in [-0.2, -0.15) is 0 Å². The lowest BCUT2D eigenvalue weighted by Gasteiger charge is -2.18. The largest absolute Gasteiger partial charge is 0.383 e. The Hall–Kier alpha value is -1.33. The maximum Gasteiger partial charge on any atom is 0.250 e. The average Bonchev–Trinajstić information content (AvgIpc) is 2.76. The van der Waals surface area contributed by atoms with Gasteiger partial charge in [-0.1, -0.05) is 0 Å². The Morgan fingerprint density at radius 3 is 3.06 bits per heavy atom. The molecule has 0 aliphatic carbocycles. The summed E-state index contributed by atoms with van der Waals surface area (Å²) in [6, 6.07) is 3.72. The van der Waals surface area contributed by atoms with Crippen LogP contribution in [0.15, 0.2) is 23.1 Å². The second-order valence-corrected chi connectivity index (χ2v) is 4.56. The summed E-state index contributed by atoms with van der Waals surface area (Å²) < 4.78 is 12.2. The van der Waals surface area contributed by atoms with Crippen molar-refractivity contribution in [2.45, 2.75) is 32.0 Å². The topological polar surface area (TPSA) is 52.5 Å². The number of nitrogens with one attached hydrogen (secondary N) is 1. The van der Waals surface area contributed by atoms with E-state index >= 15 is 0 Å². The maximum atomic E-state index is 11.6. The number of methoxy groups -OCH3 is 1. The predicted molar refractivity (Wildman–Crippen MR) is 70.0 cm³/mol. The van der Waals surface area contributed by atoms with E-state index < -0.39 is 0 Å². The number of pyridine rings is 1. The number of anilines is 1. The number of hydrogen-bond acceptors (Lipinski definition) is 4. The molecule has 1 aromatic rings. The first-order valence-electron chi connectivity index (χ1n) is 6.28. The highest BCUT2D eigenvalue weighted by atomic mass is 16.5. The molecule has 5 heteroatoms. The first kappa shape index (κ1) is 13.1. The van der Waals surface area contributed by atoms with Crippen LogP contribution in [0.1, 0.15) is 13.3 Å². The summed E-state index contributed by atoms with van der Waals surface area (Å²) in [6.45, 7) is 3.96. The molecule has 1 aliphatic rings. The SMILES string of the molecule is COCCn1cc(NC2CCOC2C)ccc1=O. The van der Waals surface area contributed by atoms with Gasteiger partial charge in [0.2, 0.25) is 0 Å². The molecule has 18 heavy (non-hydrogen) atoms. The van der Waals surface area contributed by atoms with E-state index in [2.05, 4.69) is 12.2 Å². The molecule has 1 saturated heterocycles. The summed E-state index contributed by atoms with van der Waals surface area (Å²) in [5, 5.41) is 3.41. The Morgan fingerprint density at radius 2 is 2.39 bits per heavy atom. The third-order valence-electron chi connectivity index (χ3n) is 3.25. The second kappa shape index (κ2) is 6.02. The number of ether oxygens (including phenoxy) is 2. The molecule has 2 heterocycles. The number of aromatic nitrogens is 1. The molecule has 0 radical (unpaired) electrons. The van der Waals surface area contributed by atoms with Crippen molar-refractivity contribution in [3.8, 4) is 0 Å². The van der Waals surface area contributed by atoms with Crippen LogP contribution in [0.3, 0.4) is 0 Å². The smallest absolute Gasteiger partial charge is 0.250 e. The molecular formula is C13H20N2O3. The van der Waals surface area contributed by atoms with Crippen LogP contribution < -0.4 is 10.9 Å². The molecule has 1 aliphatic heterocycles. The van der Waals surface area contributed by atoms with Crippen LogP contribution in [-0.2, 0) is 16.0 Å². The van der Waals surface area contributed by atoms with Gasteiger partial charge < -0.3 is 19.4 Å². The zero-order chi connectivity index (χ0) is 13.0. The quantitative estimate of drug-likeness (QED) is 0.852. The van der Waals surface area contributed by atoms with Crippen LogP contribution in [0.25, 0.3) is 0 Å². The summed E-state index contributed by atoms with van der Waals surface area (Å²) in [4.78, 5) is 11.6. The van der Waals surface area contributed by atoms with E-state index in [0.29, 0.717) is 19.2 Å². The summed E-state index contributed by atoms with van der Waals surface area (Å²) in [5.41, 5.74) is 0.946. The number of nitrogens with zero attached hydrogens (tertiary/aromatic N) is 1. The van der Waals surface area contributed by atoms with Crippen LogP contribution in [0.2, 0.25) is 0 Å². The molecule has 2 rings (SSSR count). The molecule has 100 valence electrons. The van der Waals surface area contributed by atoms with E-state index in [0.717, 1.165) is 18.7 Å². The van der Waals surface area contributed by atoms with E-state index in [4.69, 9.17) is 9.47 Å². The first-order valence-corrected chi connectivity index (χ1v) is 6.28. The molecule has 0 spiro atoms. The molecular weight excluding hydrogens is 232 g/mol. The molecule has 0 aromatic carbocycles. The second-order valence-electron chi connectivity index (χ2n) is 4.56. The van der Waals surface area contributed by atoms with Crippen LogP contribution in [-0.4, -0.2) is 37.0 Å². The highest BCUT2D eigenvalue weighted by Crippen LogP contribution is 2.17. The molecule has 0 saturated carbocycles. The van der Waals surface area contributed by atoms with E-state index in [1.807, 2.05) is 12.3 Å². The first-order chi connectivity index (χ1) is 8.70. The number of hydrogen-bond donors (Lipinski definition) is 1. The molecule has 0 bridgehead atoms. The fourth-order valence-electron chi connectivity index (χ4n) is 2.12. The fraction of sp³-hybridized carbons (Fsp3) is 0.615. The maximum absolute atomic E-state index is 11.6. The minimum absolute atomic E-state index is 0.00618. The van der Waals surface area contributed by atoms with Gasteiger partial charge in [0.1, 0.15) is 0 Å². The Morgan fingerprint density at radius 1 is 1.56 bits per heavy atom. The standard InChI is InChI=1S/C13H20N2O3/c1-10-12(5-7-18-10)14-11-3-4-13(16)15(9-11)6-8-17-2/h3-4,9-10,12,14H,5-8H2,1-2H3. The van der Waals surface area contributed by atoms with Crippen molar-refractivity contribution in [2.24, 2.45) is 0 Å². The Labute approximate surface area is 107 Å². The van der Waals surface area contributed by atoms with Gasteiger partial charge in [-0.3, -0.25) is 4.79 Å². The van der Waals surface area contributed by atoms with Gasteiger partial charge in [-0.25, -0.2) is 0 Å². The molecule has 2 unspecified atom stereocenters. The Bertz CT molecular complexity index is 444. The summed E-state index contributed by atoms with van der Waals surface area (Å²) in [6.07, 6.45) is 3.05. The highest BCUT2D eigenvalue weighted by molar-refractivity contribution is 5.41. The lowest BCUT2D eigenvalue weighted by atomic mass is 10.1. The number of rotatable bonds is 5. The van der Waals surface area contributed by atoms with Crippen molar-refractivity contribution in [1.82, 2.24) is 4.57 Å². The normalized spacial score (nSPS) is 23.2. The van der Waals surface area contributed by atoms with Crippen LogP contribution in [0.4, 0.5) is 5.69 Å². The van der Waals surface area contributed by atoms with Gasteiger partial charge in [0.25, 0.3) is 5.56 Å². The van der Waals surface area contributed by atoms with Crippen molar-refractivity contribution in [3.63, 3.8) is 0 Å². The molecule has 0 amide bonds. The molecule has 1 N–H and O–H groups in total. The highest BCUT2D eigenvalue weighted by Gasteiger charge is 2.23. The van der Waals surface area contributed by atoms with Crippen molar-refractivity contribution in [3.05, 3.63) is 28.7 Å². The van der Waals surface area contributed by atoms with E-state index in [1.165, 1.54) is 0 Å². The van der Waals surface area contributed by atoms with E-state index in [9.17, 15) is 4.79 Å². The third-order valence-corrected chi connectivity index (χ3v) is 3.25. The van der Waals surface area contributed by atoms with Crippen LogP contribution in [0, 0.1) is 0 Å². The van der Waals surface area contributed by atoms with Gasteiger partial charge in [-0.05, 0) is 19.4 Å². The van der Waals surface area contributed by atoms with Crippen molar-refractivity contribution >= 4 is 5.69 Å². The zero-order valence-corrected chi connectivity index (χ0v) is 10.9. The molecule has 1 fully saturated rings. The average molecular weight is 252 g/mol.